The highest BCUT2D eigenvalue weighted by Gasteiger charge is 2.28. The van der Waals surface area contributed by atoms with Gasteiger partial charge >= 0.3 is 0 Å². The van der Waals surface area contributed by atoms with Crippen LogP contribution in [0.25, 0.3) is 34.1 Å². The Morgan fingerprint density at radius 1 is 0.710 bits per heavy atom. The van der Waals surface area contributed by atoms with Gasteiger partial charge in [0.2, 0.25) is 5.82 Å². The minimum Gasteiger partial charge on any atom is -0.225 e. The molecule has 0 N–H and O–H groups in total. The molecule has 0 aliphatic heterocycles. The molecule has 4 heteroatoms. The first-order chi connectivity index (χ1) is 15.0. The van der Waals surface area contributed by atoms with Crippen LogP contribution < -0.4 is 4.57 Å². The molecule has 5 rings (SSSR count). The number of rotatable bonds is 3. The fraction of sp³-hybridized carbons (Fsp3) is 0.148. The summed E-state index contributed by atoms with van der Waals surface area (Å²) in [5.41, 5.74) is 4.69. The summed E-state index contributed by atoms with van der Waals surface area (Å²) >= 11 is 0. The Labute approximate surface area is 182 Å². The van der Waals surface area contributed by atoms with E-state index in [0.717, 1.165) is 34.1 Å². The number of aromatic nitrogens is 4. The van der Waals surface area contributed by atoms with E-state index in [2.05, 4.69) is 88.4 Å². The van der Waals surface area contributed by atoms with Crippen LogP contribution in [0, 0.1) is 0 Å². The molecule has 0 bridgehead atoms. The third-order valence-electron chi connectivity index (χ3n) is 5.55. The monoisotopic (exact) mass is 405 g/mol. The van der Waals surface area contributed by atoms with E-state index in [9.17, 15) is 0 Å². The van der Waals surface area contributed by atoms with Crippen molar-refractivity contribution < 1.29 is 4.57 Å². The highest BCUT2D eigenvalue weighted by molar-refractivity contribution is 5.79. The molecule has 31 heavy (non-hydrogen) atoms. The summed E-state index contributed by atoms with van der Waals surface area (Å²) in [6.45, 7) is 6.71. The van der Waals surface area contributed by atoms with Gasteiger partial charge in [-0.05, 0) is 53.4 Å². The first kappa shape index (κ1) is 19.2. The lowest BCUT2D eigenvalue weighted by Crippen LogP contribution is -2.34. The number of hydrogen-bond acceptors (Lipinski definition) is 2. The van der Waals surface area contributed by atoms with Gasteiger partial charge in [0.1, 0.15) is 17.2 Å². The van der Waals surface area contributed by atoms with Gasteiger partial charge in [0, 0.05) is 17.8 Å². The third-order valence-corrected chi connectivity index (χ3v) is 5.55. The van der Waals surface area contributed by atoms with Crippen molar-refractivity contribution in [3.05, 3.63) is 103 Å². The average molecular weight is 406 g/mol. The smallest absolute Gasteiger partial charge is 0.225 e. The Morgan fingerprint density at radius 2 is 1.39 bits per heavy atom. The average Bonchev–Trinajstić information content (AvgIpc) is 3.15. The van der Waals surface area contributed by atoms with Crippen LogP contribution >= 0.6 is 0 Å². The van der Waals surface area contributed by atoms with Crippen LogP contribution in [-0.2, 0) is 5.41 Å². The molecule has 152 valence electrons. The van der Waals surface area contributed by atoms with Crippen molar-refractivity contribution in [1.29, 1.82) is 0 Å². The fourth-order valence-corrected chi connectivity index (χ4v) is 3.98. The molecular weight excluding hydrogens is 380 g/mol. The largest absolute Gasteiger partial charge is 0.267 e. The van der Waals surface area contributed by atoms with Gasteiger partial charge in [-0.1, -0.05) is 57.2 Å². The van der Waals surface area contributed by atoms with E-state index in [1.807, 2.05) is 48.8 Å². The molecule has 0 aliphatic carbocycles. The fourth-order valence-electron chi connectivity index (χ4n) is 3.98. The van der Waals surface area contributed by atoms with Crippen molar-refractivity contribution >= 4 is 11.0 Å². The standard InChI is InChI=1S/C27H25N4/c1-27(2,3)21-16-14-20(15-17-21)26-30(24-12-6-8-18-28-24)22-10-4-5-11-23(22)31(26)25-13-7-9-19-29-25/h4-19H,1-3H3/q+1. The Morgan fingerprint density at radius 3 is 2.03 bits per heavy atom. The molecule has 0 amide bonds. The molecule has 0 aliphatic rings. The number of pyridine rings is 2. The van der Waals surface area contributed by atoms with Crippen molar-refractivity contribution in [3.8, 4) is 23.0 Å². The van der Waals surface area contributed by atoms with Crippen LogP contribution in [0.4, 0.5) is 0 Å². The number of benzene rings is 2. The normalized spacial score (nSPS) is 11.7. The van der Waals surface area contributed by atoms with Crippen molar-refractivity contribution in [2.24, 2.45) is 0 Å². The van der Waals surface area contributed by atoms with Crippen molar-refractivity contribution in [1.82, 2.24) is 14.5 Å². The number of imidazole rings is 1. The SMILES string of the molecule is CC(C)(C)c1ccc(-c2n(-c3ccccn3)c3ccccc3[n+]2-c2ccccn2)cc1. The van der Waals surface area contributed by atoms with E-state index in [1.54, 1.807) is 0 Å². The van der Waals surface area contributed by atoms with Crippen LogP contribution in [0.3, 0.4) is 0 Å². The first-order valence-electron chi connectivity index (χ1n) is 10.5. The Balaban J connectivity index is 1.88. The Hall–Kier alpha value is -3.79. The molecule has 0 saturated carbocycles. The molecular formula is C27H25N4+. The van der Waals surface area contributed by atoms with E-state index in [0.29, 0.717) is 0 Å². The van der Waals surface area contributed by atoms with Gasteiger partial charge in [0.25, 0.3) is 5.82 Å². The topological polar surface area (TPSA) is 34.6 Å². The summed E-state index contributed by atoms with van der Waals surface area (Å²) in [5.74, 6) is 2.78. The lowest BCUT2D eigenvalue weighted by atomic mass is 9.86. The van der Waals surface area contributed by atoms with Gasteiger partial charge in [-0.25, -0.2) is 9.55 Å². The lowest BCUT2D eigenvalue weighted by molar-refractivity contribution is -0.559. The maximum atomic E-state index is 4.68. The number of hydrogen-bond donors (Lipinski definition) is 0. The molecule has 0 saturated heterocycles. The summed E-state index contributed by atoms with van der Waals surface area (Å²) in [7, 11) is 0. The molecule has 3 aromatic heterocycles. The minimum atomic E-state index is 0.100. The molecule has 0 unspecified atom stereocenters. The molecule has 4 nitrogen and oxygen atoms in total. The van der Waals surface area contributed by atoms with Gasteiger partial charge in [0.05, 0.1) is 0 Å². The summed E-state index contributed by atoms with van der Waals surface area (Å²) in [6, 6.07) is 29.3. The minimum absolute atomic E-state index is 0.100. The summed E-state index contributed by atoms with van der Waals surface area (Å²) in [4.78, 5) is 9.36. The molecule has 3 heterocycles. The van der Waals surface area contributed by atoms with Crippen LogP contribution in [0.5, 0.6) is 0 Å². The van der Waals surface area contributed by atoms with Crippen molar-refractivity contribution in [2.75, 3.05) is 0 Å². The van der Waals surface area contributed by atoms with E-state index >= 15 is 0 Å². The van der Waals surface area contributed by atoms with E-state index in [-0.39, 0.29) is 5.41 Å². The highest BCUT2D eigenvalue weighted by Crippen LogP contribution is 2.30. The molecule has 0 radical (unpaired) electrons. The Bertz CT molecular complexity index is 1250. The lowest BCUT2D eigenvalue weighted by Gasteiger charge is -2.19. The maximum absolute atomic E-state index is 4.68. The molecule has 2 aromatic carbocycles. The van der Waals surface area contributed by atoms with Gasteiger partial charge in [-0.2, -0.15) is 4.57 Å². The predicted molar refractivity (Wildman–Crippen MR) is 125 cm³/mol. The zero-order chi connectivity index (χ0) is 21.4. The van der Waals surface area contributed by atoms with Gasteiger partial charge in [0.15, 0.2) is 5.82 Å². The second kappa shape index (κ2) is 7.47. The molecule has 5 aromatic rings. The Kier molecular flexibility index (Phi) is 4.63. The van der Waals surface area contributed by atoms with E-state index < -0.39 is 0 Å². The van der Waals surface area contributed by atoms with Crippen molar-refractivity contribution in [2.45, 2.75) is 26.2 Å². The summed E-state index contributed by atoms with van der Waals surface area (Å²) < 4.78 is 4.44. The predicted octanol–water partition coefficient (Wildman–Crippen LogP) is 5.66. The van der Waals surface area contributed by atoms with Crippen molar-refractivity contribution in [3.63, 3.8) is 0 Å². The van der Waals surface area contributed by atoms with E-state index in [1.165, 1.54) is 5.56 Å². The number of nitrogens with zero attached hydrogens (tertiary/aromatic N) is 4. The summed E-state index contributed by atoms with van der Waals surface area (Å²) in [5, 5.41) is 0. The van der Waals surface area contributed by atoms with Gasteiger partial charge < -0.3 is 0 Å². The van der Waals surface area contributed by atoms with Gasteiger partial charge in [-0.3, -0.25) is 0 Å². The van der Waals surface area contributed by atoms with Gasteiger partial charge in [-0.15, -0.1) is 4.98 Å². The zero-order valence-corrected chi connectivity index (χ0v) is 18.0. The number of fused-ring (bicyclic) bond motifs is 1. The highest BCUT2D eigenvalue weighted by atomic mass is 15.2. The first-order valence-corrected chi connectivity index (χ1v) is 10.5. The third kappa shape index (κ3) is 3.40. The van der Waals surface area contributed by atoms with Crippen LogP contribution in [0.15, 0.2) is 97.3 Å². The quantitative estimate of drug-likeness (QED) is 0.363. The van der Waals surface area contributed by atoms with Crippen LogP contribution in [0.1, 0.15) is 26.3 Å². The van der Waals surface area contributed by atoms with E-state index in [4.69, 9.17) is 0 Å². The molecule has 0 fully saturated rings. The second-order valence-electron chi connectivity index (χ2n) is 8.69. The molecule has 0 spiro atoms. The van der Waals surface area contributed by atoms with Crippen LogP contribution in [0.2, 0.25) is 0 Å². The van der Waals surface area contributed by atoms with Crippen LogP contribution in [-0.4, -0.2) is 14.5 Å². The zero-order valence-electron chi connectivity index (χ0n) is 18.0. The number of para-hydroxylation sites is 2. The maximum Gasteiger partial charge on any atom is 0.267 e. The molecule has 0 atom stereocenters. The summed E-state index contributed by atoms with van der Waals surface area (Å²) in [6.07, 6.45) is 3.67. The second-order valence-corrected chi connectivity index (χ2v) is 8.69.